The van der Waals surface area contributed by atoms with E-state index in [0.717, 1.165) is 38.0 Å². The molecule has 2 N–H and O–H groups in total. The van der Waals surface area contributed by atoms with Crippen molar-refractivity contribution in [2.45, 2.75) is 52.1 Å². The van der Waals surface area contributed by atoms with Crippen molar-refractivity contribution in [3.8, 4) is 6.01 Å². The highest BCUT2D eigenvalue weighted by atomic mass is 16.5. The largest absolute Gasteiger partial charge is 0.463 e. The monoisotopic (exact) mass is 423 g/mol. The number of ketones is 1. The van der Waals surface area contributed by atoms with E-state index in [9.17, 15) is 9.59 Å². The van der Waals surface area contributed by atoms with Crippen LogP contribution in [-0.2, 0) is 29.1 Å². The number of unbranched alkanes of at least 4 members (excludes halogenated alkanes) is 1. The van der Waals surface area contributed by atoms with E-state index in [0.29, 0.717) is 18.0 Å². The standard InChI is InChI=1S/C23H29N5O3/c1-2-3-11-31-23-25-20(24)18-13-19(29)22(30)28(21(18)26-23)15-17-8-6-7-16(12-17)14-27-9-4-5-10-27/h6-8,12H,2-5,9-11,13-15H2,1H3,(H2,24,25,26). The topological polar surface area (TPSA) is 102 Å². The van der Waals surface area contributed by atoms with E-state index in [1.165, 1.54) is 23.3 Å². The summed E-state index contributed by atoms with van der Waals surface area (Å²) >= 11 is 0. The van der Waals surface area contributed by atoms with Crippen molar-refractivity contribution in [3.05, 3.63) is 41.0 Å². The van der Waals surface area contributed by atoms with Crippen LogP contribution < -0.4 is 15.4 Å². The van der Waals surface area contributed by atoms with Gasteiger partial charge < -0.3 is 10.5 Å². The summed E-state index contributed by atoms with van der Waals surface area (Å²) in [4.78, 5) is 37.6. The molecule has 8 nitrogen and oxygen atoms in total. The summed E-state index contributed by atoms with van der Waals surface area (Å²) in [5.74, 6) is -0.524. The third kappa shape index (κ3) is 4.85. The molecule has 0 atom stereocenters. The highest BCUT2D eigenvalue weighted by Crippen LogP contribution is 2.31. The third-order valence-electron chi connectivity index (χ3n) is 5.74. The first-order valence-electron chi connectivity index (χ1n) is 11.0. The number of amides is 1. The maximum Gasteiger partial charge on any atom is 0.320 e. The fourth-order valence-corrected chi connectivity index (χ4v) is 4.07. The van der Waals surface area contributed by atoms with Crippen LogP contribution in [0.25, 0.3) is 0 Å². The number of rotatable bonds is 8. The van der Waals surface area contributed by atoms with Gasteiger partial charge in [-0.1, -0.05) is 37.6 Å². The van der Waals surface area contributed by atoms with Crippen molar-refractivity contribution in [2.75, 3.05) is 30.3 Å². The van der Waals surface area contributed by atoms with E-state index in [1.807, 2.05) is 12.1 Å². The minimum atomic E-state index is -0.574. The number of Topliss-reactive ketones (excluding diaryl/α,β-unsaturated/α-hetero) is 1. The summed E-state index contributed by atoms with van der Waals surface area (Å²) < 4.78 is 5.62. The molecule has 1 amide bonds. The van der Waals surface area contributed by atoms with Gasteiger partial charge in [-0.05, 0) is 43.5 Å². The average Bonchev–Trinajstić information content (AvgIpc) is 3.26. The zero-order valence-electron chi connectivity index (χ0n) is 18.0. The predicted molar refractivity (Wildman–Crippen MR) is 118 cm³/mol. The number of likely N-dealkylation sites (tertiary alicyclic amines) is 1. The zero-order valence-corrected chi connectivity index (χ0v) is 18.0. The molecule has 164 valence electrons. The van der Waals surface area contributed by atoms with E-state index < -0.39 is 11.7 Å². The number of nitrogens with zero attached hydrogens (tertiary/aromatic N) is 4. The first kappa shape index (κ1) is 21.2. The lowest BCUT2D eigenvalue weighted by molar-refractivity contribution is -0.136. The Morgan fingerprint density at radius 3 is 2.58 bits per heavy atom. The molecule has 2 aliphatic rings. The molecular formula is C23H29N5O3. The van der Waals surface area contributed by atoms with Gasteiger partial charge in [0.25, 0.3) is 5.91 Å². The molecule has 3 heterocycles. The summed E-state index contributed by atoms with van der Waals surface area (Å²) in [7, 11) is 0. The molecule has 2 aliphatic heterocycles. The second-order valence-electron chi connectivity index (χ2n) is 8.19. The number of hydrogen-bond donors (Lipinski definition) is 1. The first-order valence-corrected chi connectivity index (χ1v) is 11.0. The SMILES string of the molecule is CCCCOc1nc(N)c2c(n1)N(Cc1cccc(CN3CCCC3)c1)C(=O)C(=O)C2. The molecule has 0 unspecified atom stereocenters. The number of nitrogen functional groups attached to an aromatic ring is 1. The van der Waals surface area contributed by atoms with Crippen molar-refractivity contribution >= 4 is 23.3 Å². The number of hydrogen-bond acceptors (Lipinski definition) is 7. The van der Waals surface area contributed by atoms with Gasteiger partial charge in [-0.15, -0.1) is 0 Å². The van der Waals surface area contributed by atoms with E-state index in [1.54, 1.807) is 0 Å². The third-order valence-corrected chi connectivity index (χ3v) is 5.74. The predicted octanol–water partition coefficient (Wildman–Crippen LogP) is 2.49. The molecule has 0 radical (unpaired) electrons. The number of carbonyl (C=O) groups excluding carboxylic acids is 2. The molecule has 31 heavy (non-hydrogen) atoms. The van der Waals surface area contributed by atoms with Crippen LogP contribution in [0.3, 0.4) is 0 Å². The maximum absolute atomic E-state index is 12.8. The van der Waals surface area contributed by atoms with Gasteiger partial charge in [0.15, 0.2) is 0 Å². The highest BCUT2D eigenvalue weighted by Gasteiger charge is 2.35. The van der Waals surface area contributed by atoms with Crippen molar-refractivity contribution in [1.82, 2.24) is 14.9 Å². The Morgan fingerprint density at radius 1 is 1.10 bits per heavy atom. The Kier molecular flexibility index (Phi) is 6.46. The Hall–Kier alpha value is -3.00. The summed E-state index contributed by atoms with van der Waals surface area (Å²) in [5, 5.41) is 0. The number of benzene rings is 1. The lowest BCUT2D eigenvalue weighted by Gasteiger charge is -2.28. The Balaban J connectivity index is 1.59. The lowest BCUT2D eigenvalue weighted by atomic mass is 10.0. The molecule has 1 aromatic carbocycles. The van der Waals surface area contributed by atoms with Gasteiger partial charge >= 0.3 is 6.01 Å². The Labute approximate surface area is 182 Å². The van der Waals surface area contributed by atoms with Crippen LogP contribution >= 0.6 is 0 Å². The van der Waals surface area contributed by atoms with Gasteiger partial charge in [0.2, 0.25) is 5.78 Å². The van der Waals surface area contributed by atoms with Crippen LogP contribution in [0.15, 0.2) is 24.3 Å². The quantitative estimate of drug-likeness (QED) is 0.514. The molecule has 0 spiro atoms. The van der Waals surface area contributed by atoms with Crippen LogP contribution in [0.1, 0.15) is 49.3 Å². The van der Waals surface area contributed by atoms with Crippen LogP contribution in [-0.4, -0.2) is 46.3 Å². The molecule has 0 aliphatic carbocycles. The molecule has 0 saturated carbocycles. The average molecular weight is 424 g/mol. The highest BCUT2D eigenvalue weighted by molar-refractivity contribution is 6.43. The van der Waals surface area contributed by atoms with Gasteiger partial charge in [0.05, 0.1) is 13.2 Å². The van der Waals surface area contributed by atoms with E-state index in [-0.39, 0.29) is 24.8 Å². The number of carbonyl (C=O) groups is 2. The van der Waals surface area contributed by atoms with Crippen LogP contribution in [0.5, 0.6) is 6.01 Å². The van der Waals surface area contributed by atoms with Gasteiger partial charge in [-0.25, -0.2) is 0 Å². The van der Waals surface area contributed by atoms with Crippen molar-refractivity contribution < 1.29 is 14.3 Å². The van der Waals surface area contributed by atoms with Crippen molar-refractivity contribution in [3.63, 3.8) is 0 Å². The second kappa shape index (κ2) is 9.43. The van der Waals surface area contributed by atoms with Crippen molar-refractivity contribution in [2.24, 2.45) is 0 Å². The number of aromatic nitrogens is 2. The number of ether oxygens (including phenoxy) is 1. The molecule has 1 fully saturated rings. The number of nitrogens with two attached hydrogens (primary N) is 1. The summed E-state index contributed by atoms with van der Waals surface area (Å²) in [6.07, 6.45) is 4.24. The molecule has 1 saturated heterocycles. The summed E-state index contributed by atoms with van der Waals surface area (Å²) in [6, 6.07) is 8.28. The Bertz CT molecular complexity index is 972. The smallest absolute Gasteiger partial charge is 0.320 e. The van der Waals surface area contributed by atoms with Gasteiger partial charge in [0, 0.05) is 18.5 Å². The second-order valence-corrected chi connectivity index (χ2v) is 8.19. The first-order chi connectivity index (χ1) is 15.0. The lowest BCUT2D eigenvalue weighted by Crippen LogP contribution is -2.42. The normalized spacial score (nSPS) is 16.6. The van der Waals surface area contributed by atoms with E-state index in [4.69, 9.17) is 10.5 Å². The summed E-state index contributed by atoms with van der Waals surface area (Å²) in [5.41, 5.74) is 8.72. The van der Waals surface area contributed by atoms with Crippen molar-refractivity contribution in [1.29, 1.82) is 0 Å². The van der Waals surface area contributed by atoms with Crippen LogP contribution in [0, 0.1) is 0 Å². The molecular weight excluding hydrogens is 394 g/mol. The van der Waals surface area contributed by atoms with Crippen LogP contribution in [0.4, 0.5) is 11.6 Å². The molecule has 4 rings (SSSR count). The van der Waals surface area contributed by atoms with Gasteiger partial charge in [0.1, 0.15) is 11.6 Å². The molecule has 1 aromatic heterocycles. The number of anilines is 2. The fourth-order valence-electron chi connectivity index (χ4n) is 4.07. The maximum atomic E-state index is 12.8. The van der Waals surface area contributed by atoms with E-state index in [2.05, 4.69) is 33.9 Å². The minimum absolute atomic E-state index is 0.0826. The zero-order chi connectivity index (χ0) is 21.8. The number of fused-ring (bicyclic) bond motifs is 1. The Morgan fingerprint density at radius 2 is 1.84 bits per heavy atom. The minimum Gasteiger partial charge on any atom is -0.463 e. The fraction of sp³-hybridized carbons (Fsp3) is 0.478. The molecule has 2 aromatic rings. The van der Waals surface area contributed by atoms with Gasteiger partial charge in [-0.2, -0.15) is 9.97 Å². The van der Waals surface area contributed by atoms with E-state index >= 15 is 0 Å². The van der Waals surface area contributed by atoms with Crippen LogP contribution in [0.2, 0.25) is 0 Å². The molecule has 0 bridgehead atoms. The van der Waals surface area contributed by atoms with Gasteiger partial charge in [-0.3, -0.25) is 19.4 Å². The molecule has 8 heteroatoms. The summed E-state index contributed by atoms with van der Waals surface area (Å²) in [6.45, 7) is 5.91.